The Morgan fingerprint density at radius 2 is 1.56 bits per heavy atom. The van der Waals surface area contributed by atoms with Gasteiger partial charge in [0.15, 0.2) is 0 Å². The van der Waals surface area contributed by atoms with Crippen molar-refractivity contribution in [2.45, 2.75) is 60.3 Å². The van der Waals surface area contributed by atoms with Gasteiger partial charge in [-0.3, -0.25) is 9.59 Å². The molecule has 0 aromatic heterocycles. The van der Waals surface area contributed by atoms with Gasteiger partial charge in [-0.15, -0.1) is 0 Å². The molecule has 0 bridgehead atoms. The van der Waals surface area contributed by atoms with E-state index in [9.17, 15) is 9.59 Å². The van der Waals surface area contributed by atoms with Crippen LogP contribution in [0.15, 0.2) is 23.8 Å². The zero-order valence-corrected chi connectivity index (χ0v) is 16.0. The molecule has 0 aliphatic heterocycles. The van der Waals surface area contributed by atoms with Gasteiger partial charge < -0.3 is 9.47 Å². The van der Waals surface area contributed by atoms with Crippen molar-refractivity contribution in [1.29, 1.82) is 0 Å². The Labute approximate surface area is 150 Å². The molecule has 1 aliphatic carbocycles. The maximum absolute atomic E-state index is 11.6. The lowest BCUT2D eigenvalue weighted by molar-refractivity contribution is -0.132. The fourth-order valence-corrected chi connectivity index (χ4v) is 3.67. The first-order valence-corrected chi connectivity index (χ1v) is 8.87. The van der Waals surface area contributed by atoms with E-state index in [0.717, 1.165) is 24.0 Å². The lowest BCUT2D eigenvalue weighted by Gasteiger charge is -2.34. The summed E-state index contributed by atoms with van der Waals surface area (Å²) in [6, 6.07) is 3.69. The predicted octanol–water partition coefficient (Wildman–Crippen LogP) is 4.94. The highest BCUT2D eigenvalue weighted by Gasteiger charge is 2.33. The second-order valence-electron chi connectivity index (χ2n) is 7.35. The molecule has 2 rings (SSSR count). The van der Waals surface area contributed by atoms with Crippen molar-refractivity contribution < 1.29 is 19.1 Å². The molecule has 136 valence electrons. The van der Waals surface area contributed by atoms with Crippen LogP contribution in [-0.4, -0.2) is 11.9 Å². The summed E-state index contributed by atoms with van der Waals surface area (Å²) >= 11 is 0. The minimum atomic E-state index is -0.377. The van der Waals surface area contributed by atoms with E-state index in [1.165, 1.54) is 19.4 Å². The van der Waals surface area contributed by atoms with Gasteiger partial charge in [-0.25, -0.2) is 0 Å². The van der Waals surface area contributed by atoms with Crippen LogP contribution in [-0.2, 0) is 9.59 Å². The molecule has 0 unspecified atom stereocenters. The molecule has 4 heteroatoms. The summed E-state index contributed by atoms with van der Waals surface area (Å²) in [6.07, 6.45) is 4.37. The number of carbonyl (C=O) groups is 2. The molecule has 0 fully saturated rings. The Hall–Kier alpha value is -2.10. The Morgan fingerprint density at radius 3 is 2.00 bits per heavy atom. The molecule has 0 spiro atoms. The Morgan fingerprint density at radius 1 is 1.04 bits per heavy atom. The summed E-state index contributed by atoms with van der Waals surface area (Å²) in [6.45, 7) is 11.2. The van der Waals surface area contributed by atoms with E-state index in [1.807, 2.05) is 19.1 Å². The molecule has 0 radical (unpaired) electrons. The molecule has 1 aromatic rings. The lowest BCUT2D eigenvalue weighted by atomic mass is 9.71. The first-order chi connectivity index (χ1) is 11.7. The van der Waals surface area contributed by atoms with E-state index >= 15 is 0 Å². The molecular formula is C21H28O4. The van der Waals surface area contributed by atoms with Crippen LogP contribution in [0.1, 0.15) is 64.5 Å². The van der Waals surface area contributed by atoms with E-state index in [1.54, 1.807) is 0 Å². The second kappa shape index (κ2) is 7.85. The van der Waals surface area contributed by atoms with Gasteiger partial charge in [-0.05, 0) is 56.2 Å². The molecule has 0 N–H and O–H groups in total. The number of aryl methyl sites for hydroxylation is 1. The third-order valence-electron chi connectivity index (χ3n) is 4.74. The normalized spacial score (nSPS) is 20.2. The SMILES string of the molecule is CC(=O)Oc1cc(C)cc(OC(C)=O)c1[C@@H]1C=C(C)CC[C@H]1C(C)C. The van der Waals surface area contributed by atoms with Crippen molar-refractivity contribution in [3.8, 4) is 11.5 Å². The number of hydrogen-bond donors (Lipinski definition) is 0. The smallest absolute Gasteiger partial charge is 0.308 e. The number of benzene rings is 1. The highest BCUT2D eigenvalue weighted by atomic mass is 16.5. The summed E-state index contributed by atoms with van der Waals surface area (Å²) in [5, 5.41) is 0. The largest absolute Gasteiger partial charge is 0.426 e. The zero-order valence-electron chi connectivity index (χ0n) is 16.0. The van der Waals surface area contributed by atoms with Gasteiger partial charge in [-0.1, -0.05) is 25.5 Å². The third-order valence-corrected chi connectivity index (χ3v) is 4.74. The summed E-state index contributed by atoms with van der Waals surface area (Å²) in [4.78, 5) is 23.3. The van der Waals surface area contributed by atoms with Crippen molar-refractivity contribution in [1.82, 2.24) is 0 Å². The number of carbonyl (C=O) groups excluding carboxylic acids is 2. The molecular weight excluding hydrogens is 316 g/mol. The molecule has 0 saturated heterocycles. The third kappa shape index (κ3) is 4.71. The first-order valence-electron chi connectivity index (χ1n) is 8.87. The quantitative estimate of drug-likeness (QED) is 0.441. The summed E-state index contributed by atoms with van der Waals surface area (Å²) < 4.78 is 11.0. The average Bonchev–Trinajstić information content (AvgIpc) is 2.44. The van der Waals surface area contributed by atoms with Crippen molar-refractivity contribution >= 4 is 11.9 Å². The number of esters is 2. The average molecular weight is 344 g/mol. The van der Waals surface area contributed by atoms with Crippen LogP contribution in [0, 0.1) is 18.8 Å². The topological polar surface area (TPSA) is 52.6 Å². The van der Waals surface area contributed by atoms with Crippen LogP contribution in [0.5, 0.6) is 11.5 Å². The molecule has 1 aliphatic rings. The second-order valence-corrected chi connectivity index (χ2v) is 7.35. The van der Waals surface area contributed by atoms with E-state index in [0.29, 0.717) is 23.3 Å². The Kier molecular flexibility index (Phi) is 6.04. The predicted molar refractivity (Wildman–Crippen MR) is 97.9 cm³/mol. The zero-order chi connectivity index (χ0) is 18.7. The van der Waals surface area contributed by atoms with Gasteiger partial charge >= 0.3 is 11.9 Å². The van der Waals surface area contributed by atoms with E-state index in [-0.39, 0.29) is 17.9 Å². The molecule has 4 nitrogen and oxygen atoms in total. The van der Waals surface area contributed by atoms with Crippen LogP contribution in [0.25, 0.3) is 0 Å². The van der Waals surface area contributed by atoms with Crippen LogP contribution >= 0.6 is 0 Å². The van der Waals surface area contributed by atoms with E-state index in [2.05, 4.69) is 26.8 Å². The Balaban J connectivity index is 2.67. The minimum absolute atomic E-state index is 0.0537. The highest BCUT2D eigenvalue weighted by Crippen LogP contribution is 2.47. The van der Waals surface area contributed by atoms with Gasteiger partial charge in [-0.2, -0.15) is 0 Å². The van der Waals surface area contributed by atoms with Crippen molar-refractivity contribution in [3.05, 3.63) is 34.9 Å². The van der Waals surface area contributed by atoms with Crippen molar-refractivity contribution in [2.75, 3.05) is 0 Å². The standard InChI is InChI=1S/C21H28O4/c1-12(2)17-8-7-13(3)9-18(17)21-19(24-15(5)22)10-14(4)11-20(21)25-16(6)23/h9-12,17-18H,7-8H2,1-6H3/t17-,18+/m0/s1. The molecule has 0 heterocycles. The molecule has 1 aromatic carbocycles. The van der Waals surface area contributed by atoms with Crippen molar-refractivity contribution in [3.63, 3.8) is 0 Å². The maximum atomic E-state index is 11.6. The number of allylic oxidation sites excluding steroid dienone is 2. The fourth-order valence-electron chi connectivity index (χ4n) is 3.67. The van der Waals surface area contributed by atoms with Crippen LogP contribution in [0.4, 0.5) is 0 Å². The number of ether oxygens (including phenoxy) is 2. The van der Waals surface area contributed by atoms with Gasteiger partial charge in [0.25, 0.3) is 0 Å². The number of hydrogen-bond acceptors (Lipinski definition) is 4. The van der Waals surface area contributed by atoms with E-state index < -0.39 is 0 Å². The lowest BCUT2D eigenvalue weighted by Crippen LogP contribution is -2.23. The maximum Gasteiger partial charge on any atom is 0.308 e. The minimum Gasteiger partial charge on any atom is -0.426 e. The molecule has 2 atom stereocenters. The molecule has 0 amide bonds. The summed E-state index contributed by atoms with van der Waals surface area (Å²) in [5.74, 6) is 1.14. The molecule has 0 saturated carbocycles. The first kappa shape index (κ1) is 19.2. The van der Waals surface area contributed by atoms with Gasteiger partial charge in [0, 0.05) is 25.3 Å². The van der Waals surface area contributed by atoms with Crippen LogP contribution < -0.4 is 9.47 Å². The fraction of sp³-hybridized carbons (Fsp3) is 0.524. The summed E-state index contributed by atoms with van der Waals surface area (Å²) in [5.41, 5.74) is 2.99. The van der Waals surface area contributed by atoms with Crippen molar-refractivity contribution in [2.24, 2.45) is 11.8 Å². The van der Waals surface area contributed by atoms with Crippen LogP contribution in [0.3, 0.4) is 0 Å². The highest BCUT2D eigenvalue weighted by molar-refractivity contribution is 5.73. The van der Waals surface area contributed by atoms with E-state index in [4.69, 9.17) is 9.47 Å². The molecule has 25 heavy (non-hydrogen) atoms. The number of rotatable bonds is 4. The summed E-state index contributed by atoms with van der Waals surface area (Å²) in [7, 11) is 0. The van der Waals surface area contributed by atoms with Crippen LogP contribution in [0.2, 0.25) is 0 Å². The Bertz CT molecular complexity index is 663. The monoisotopic (exact) mass is 344 g/mol. The van der Waals surface area contributed by atoms with Gasteiger partial charge in [0.2, 0.25) is 0 Å². The van der Waals surface area contributed by atoms with Gasteiger partial charge in [0.05, 0.1) is 0 Å². The van der Waals surface area contributed by atoms with Gasteiger partial charge in [0.1, 0.15) is 11.5 Å².